The number of halogens is 2. The van der Waals surface area contributed by atoms with Crippen molar-refractivity contribution < 1.29 is 32.5 Å². The summed E-state index contributed by atoms with van der Waals surface area (Å²) in [6.07, 6.45) is 3.82. The van der Waals surface area contributed by atoms with Crippen molar-refractivity contribution in [1.29, 1.82) is 0 Å². The van der Waals surface area contributed by atoms with Crippen molar-refractivity contribution in [2.24, 2.45) is 0 Å². The molecule has 0 bridgehead atoms. The van der Waals surface area contributed by atoms with E-state index >= 15 is 0 Å². The maximum atomic E-state index is 12.1. The van der Waals surface area contributed by atoms with Gasteiger partial charge in [-0.25, -0.2) is 4.79 Å². The van der Waals surface area contributed by atoms with E-state index in [-0.39, 0.29) is 19.0 Å². The van der Waals surface area contributed by atoms with Gasteiger partial charge in [0.1, 0.15) is 12.4 Å². The van der Waals surface area contributed by atoms with Gasteiger partial charge in [0.15, 0.2) is 18.1 Å². The van der Waals surface area contributed by atoms with Gasteiger partial charge in [-0.05, 0) is 42.3 Å². The first-order valence-electron chi connectivity index (χ1n) is 8.14. The minimum atomic E-state index is -2.88. The molecule has 0 spiro atoms. The third-order valence-electron chi connectivity index (χ3n) is 3.44. The molecule has 0 aliphatic rings. The van der Waals surface area contributed by atoms with Gasteiger partial charge in [0.2, 0.25) is 0 Å². The molecular formula is C20H20F2O5. The molecule has 7 heteroatoms. The maximum Gasteiger partial charge on any atom is 0.387 e. The number of rotatable bonds is 9. The van der Waals surface area contributed by atoms with Crippen molar-refractivity contribution in [2.75, 3.05) is 13.7 Å². The second kappa shape index (κ2) is 10.2. The number of ether oxygens (including phenoxy) is 4. The molecule has 2 rings (SSSR count). The Kier molecular flexibility index (Phi) is 7.61. The molecule has 144 valence electrons. The fourth-order valence-electron chi connectivity index (χ4n) is 2.21. The molecule has 2 aromatic rings. The van der Waals surface area contributed by atoms with Crippen LogP contribution in [0.25, 0.3) is 6.08 Å². The van der Waals surface area contributed by atoms with E-state index in [1.807, 2.05) is 25.1 Å². The first kappa shape index (κ1) is 20.2. The number of hydrogen-bond donors (Lipinski definition) is 0. The summed E-state index contributed by atoms with van der Waals surface area (Å²) >= 11 is 0. The molecule has 5 nitrogen and oxygen atoms in total. The number of benzene rings is 2. The fourth-order valence-corrected chi connectivity index (χ4v) is 2.21. The van der Waals surface area contributed by atoms with Crippen LogP contribution in [0.1, 0.15) is 18.1 Å². The number of alkyl halides is 2. The van der Waals surface area contributed by atoms with Crippen LogP contribution >= 0.6 is 0 Å². The lowest BCUT2D eigenvalue weighted by molar-refractivity contribution is -0.147. The van der Waals surface area contributed by atoms with Crippen LogP contribution in [-0.4, -0.2) is 26.3 Å². The molecule has 27 heavy (non-hydrogen) atoms. The van der Waals surface area contributed by atoms with Crippen molar-refractivity contribution in [2.45, 2.75) is 20.1 Å². The topological polar surface area (TPSA) is 54.0 Å². The highest BCUT2D eigenvalue weighted by Gasteiger charge is 2.10. The Bertz CT molecular complexity index is 772. The molecule has 2 aromatic carbocycles. The minimum Gasteiger partial charge on any atom is -0.493 e. The lowest BCUT2D eigenvalue weighted by atomic mass is 10.2. The van der Waals surface area contributed by atoms with E-state index in [1.54, 1.807) is 12.1 Å². The SMILES string of the molecule is C/C=C/c1ccc(OCC(=O)OCc2ccc(OC(F)F)cc2)c(OC)c1. The summed E-state index contributed by atoms with van der Waals surface area (Å²) < 4.78 is 44.2. The van der Waals surface area contributed by atoms with Gasteiger partial charge in [-0.1, -0.05) is 30.4 Å². The van der Waals surface area contributed by atoms with E-state index in [4.69, 9.17) is 14.2 Å². The molecule has 0 aliphatic carbocycles. The van der Waals surface area contributed by atoms with Crippen molar-refractivity contribution >= 4 is 12.0 Å². The molecule has 0 amide bonds. The largest absolute Gasteiger partial charge is 0.493 e. The van der Waals surface area contributed by atoms with Crippen LogP contribution in [0.3, 0.4) is 0 Å². The number of carbonyl (C=O) groups is 1. The molecule has 0 saturated heterocycles. The predicted octanol–water partition coefficient (Wildman–Crippen LogP) is 4.45. The average Bonchev–Trinajstić information content (AvgIpc) is 2.66. The molecule has 0 atom stereocenters. The normalized spacial score (nSPS) is 10.9. The number of hydrogen-bond acceptors (Lipinski definition) is 5. The molecule has 0 unspecified atom stereocenters. The lowest BCUT2D eigenvalue weighted by Crippen LogP contribution is -2.15. The summed E-state index contributed by atoms with van der Waals surface area (Å²) in [4.78, 5) is 11.8. The number of methoxy groups -OCH3 is 1. The van der Waals surface area contributed by atoms with Crippen LogP contribution < -0.4 is 14.2 Å². The van der Waals surface area contributed by atoms with E-state index in [2.05, 4.69) is 4.74 Å². The van der Waals surface area contributed by atoms with Gasteiger partial charge in [0.25, 0.3) is 0 Å². The molecule has 0 saturated carbocycles. The Morgan fingerprint density at radius 2 is 1.85 bits per heavy atom. The highest BCUT2D eigenvalue weighted by atomic mass is 19.3. The predicted molar refractivity (Wildman–Crippen MR) is 96.1 cm³/mol. The van der Waals surface area contributed by atoms with Crippen molar-refractivity contribution in [1.82, 2.24) is 0 Å². The van der Waals surface area contributed by atoms with Crippen LogP contribution in [-0.2, 0) is 16.1 Å². The first-order chi connectivity index (χ1) is 13.0. The maximum absolute atomic E-state index is 12.1. The summed E-state index contributed by atoms with van der Waals surface area (Å²) in [5.41, 5.74) is 1.58. The molecule has 0 aromatic heterocycles. The van der Waals surface area contributed by atoms with Crippen molar-refractivity contribution in [3.05, 3.63) is 59.7 Å². The van der Waals surface area contributed by atoms with Crippen molar-refractivity contribution in [3.63, 3.8) is 0 Å². The van der Waals surface area contributed by atoms with Crippen LogP contribution in [0.15, 0.2) is 48.5 Å². The smallest absolute Gasteiger partial charge is 0.387 e. The van der Waals surface area contributed by atoms with Crippen molar-refractivity contribution in [3.8, 4) is 17.2 Å². The summed E-state index contributed by atoms with van der Waals surface area (Å²) in [5, 5.41) is 0. The summed E-state index contributed by atoms with van der Waals surface area (Å²) in [6.45, 7) is -1.26. The number of allylic oxidation sites excluding steroid dienone is 1. The molecule has 0 aliphatic heterocycles. The quantitative estimate of drug-likeness (QED) is 0.604. The van der Waals surface area contributed by atoms with Gasteiger partial charge in [0, 0.05) is 0 Å². The molecule has 0 radical (unpaired) electrons. The van der Waals surface area contributed by atoms with Crippen LogP contribution in [0.5, 0.6) is 17.2 Å². The number of carbonyl (C=O) groups excluding carboxylic acids is 1. The lowest BCUT2D eigenvalue weighted by Gasteiger charge is -2.11. The highest BCUT2D eigenvalue weighted by Crippen LogP contribution is 2.28. The monoisotopic (exact) mass is 378 g/mol. The van der Waals surface area contributed by atoms with Gasteiger partial charge in [-0.2, -0.15) is 8.78 Å². The average molecular weight is 378 g/mol. The summed E-state index contributed by atoms with van der Waals surface area (Å²) in [6, 6.07) is 11.2. The van der Waals surface area contributed by atoms with E-state index in [9.17, 15) is 13.6 Å². The van der Waals surface area contributed by atoms with Crippen LogP contribution in [0.4, 0.5) is 8.78 Å². The van der Waals surface area contributed by atoms with Crippen LogP contribution in [0.2, 0.25) is 0 Å². The Labute approximate surface area is 156 Å². The first-order valence-corrected chi connectivity index (χ1v) is 8.14. The highest BCUT2D eigenvalue weighted by molar-refractivity contribution is 5.71. The Balaban J connectivity index is 1.84. The Morgan fingerprint density at radius 1 is 1.11 bits per heavy atom. The van der Waals surface area contributed by atoms with Gasteiger partial charge < -0.3 is 18.9 Å². The molecule has 0 fully saturated rings. The molecular weight excluding hydrogens is 358 g/mol. The Hall–Kier alpha value is -3.09. The van der Waals surface area contributed by atoms with Gasteiger partial charge in [0.05, 0.1) is 7.11 Å². The van der Waals surface area contributed by atoms with Gasteiger partial charge >= 0.3 is 12.6 Å². The second-order valence-corrected chi connectivity index (χ2v) is 5.38. The fraction of sp³-hybridized carbons (Fsp3) is 0.250. The minimum absolute atomic E-state index is 0.00544. The van der Waals surface area contributed by atoms with Crippen LogP contribution in [0, 0.1) is 0 Å². The van der Waals surface area contributed by atoms with Gasteiger partial charge in [-0.3, -0.25) is 0 Å². The standard InChI is InChI=1S/C20H20F2O5/c1-3-4-14-7-10-17(18(11-14)24-2)25-13-19(23)26-12-15-5-8-16(9-6-15)27-20(21)22/h3-11,20H,12-13H2,1-2H3/b4-3+. The van der Waals surface area contributed by atoms with E-state index < -0.39 is 12.6 Å². The zero-order valence-electron chi connectivity index (χ0n) is 15.0. The molecule has 0 heterocycles. The third-order valence-corrected chi connectivity index (χ3v) is 3.44. The van der Waals surface area contributed by atoms with E-state index in [1.165, 1.54) is 31.4 Å². The third kappa shape index (κ3) is 6.62. The number of esters is 1. The Morgan fingerprint density at radius 3 is 2.48 bits per heavy atom. The zero-order valence-corrected chi connectivity index (χ0v) is 15.0. The zero-order chi connectivity index (χ0) is 19.6. The molecule has 0 N–H and O–H groups in total. The van der Waals surface area contributed by atoms with E-state index in [0.29, 0.717) is 17.1 Å². The second-order valence-electron chi connectivity index (χ2n) is 5.38. The van der Waals surface area contributed by atoms with E-state index in [0.717, 1.165) is 5.56 Å². The van der Waals surface area contributed by atoms with Gasteiger partial charge in [-0.15, -0.1) is 0 Å². The summed E-state index contributed by atoms with van der Waals surface area (Å²) in [7, 11) is 1.52. The summed E-state index contributed by atoms with van der Waals surface area (Å²) in [5.74, 6) is 0.406.